The molecule has 3 aromatic carbocycles. The van der Waals surface area contributed by atoms with Gasteiger partial charge in [-0.2, -0.15) is 8.42 Å². The van der Waals surface area contributed by atoms with Crippen LogP contribution in [-0.4, -0.2) is 56.4 Å². The fourth-order valence-electron chi connectivity index (χ4n) is 4.45. The monoisotopic (exact) mass is 567 g/mol. The van der Waals surface area contributed by atoms with Crippen LogP contribution in [0.5, 0.6) is 5.75 Å². The van der Waals surface area contributed by atoms with Gasteiger partial charge in [-0.05, 0) is 49.1 Å². The fraction of sp³-hybridized carbons (Fsp3) is 0.333. The van der Waals surface area contributed by atoms with Crippen LogP contribution in [0, 0.1) is 0 Å². The van der Waals surface area contributed by atoms with E-state index < -0.39 is 46.5 Å². The molecule has 0 bridgehead atoms. The molecule has 0 saturated carbocycles. The molecule has 0 radical (unpaired) electrons. The van der Waals surface area contributed by atoms with E-state index in [1.54, 1.807) is 38.1 Å². The van der Waals surface area contributed by atoms with E-state index in [2.05, 4.69) is 0 Å². The van der Waals surface area contributed by atoms with E-state index in [1.807, 2.05) is 60.7 Å². The number of rotatable bonds is 12. The summed E-state index contributed by atoms with van der Waals surface area (Å²) < 4.78 is 47.4. The quantitative estimate of drug-likeness (QED) is 0.291. The van der Waals surface area contributed by atoms with E-state index in [0.29, 0.717) is 17.7 Å². The van der Waals surface area contributed by atoms with Crippen molar-refractivity contribution < 1.29 is 36.4 Å². The summed E-state index contributed by atoms with van der Waals surface area (Å²) in [4.78, 5) is 27.8. The number of hydrogen-bond acceptors (Lipinski definition) is 8. The molecule has 0 aliphatic carbocycles. The van der Waals surface area contributed by atoms with Gasteiger partial charge >= 0.3 is 6.09 Å². The van der Waals surface area contributed by atoms with Crippen LogP contribution in [0.4, 0.5) is 4.79 Å². The number of carbonyl (C=O) groups is 2. The summed E-state index contributed by atoms with van der Waals surface area (Å²) in [5, 5.41) is 0. The first-order valence-corrected chi connectivity index (χ1v) is 14.8. The van der Waals surface area contributed by atoms with E-state index in [4.69, 9.17) is 18.4 Å². The largest absolute Gasteiger partial charge is 0.489 e. The van der Waals surface area contributed by atoms with Crippen LogP contribution in [0.15, 0.2) is 84.9 Å². The van der Waals surface area contributed by atoms with Gasteiger partial charge in [0, 0.05) is 0 Å². The van der Waals surface area contributed by atoms with Gasteiger partial charge in [-0.25, -0.2) is 9.69 Å². The van der Waals surface area contributed by atoms with Crippen LogP contribution in [0.1, 0.15) is 36.6 Å². The van der Waals surface area contributed by atoms with E-state index in [0.717, 1.165) is 22.3 Å². The maximum Gasteiger partial charge on any atom is 0.417 e. The van der Waals surface area contributed by atoms with Crippen molar-refractivity contribution >= 4 is 22.1 Å². The van der Waals surface area contributed by atoms with Gasteiger partial charge in [0.15, 0.2) is 6.10 Å². The Bertz CT molecular complexity index is 1400. The number of amides is 2. The van der Waals surface area contributed by atoms with Crippen molar-refractivity contribution in [3.63, 3.8) is 0 Å². The molecule has 1 aliphatic heterocycles. The summed E-state index contributed by atoms with van der Waals surface area (Å²) in [7, 11) is -4.06. The Labute approximate surface area is 234 Å². The predicted molar refractivity (Wildman–Crippen MR) is 148 cm³/mol. The maximum absolute atomic E-state index is 14.0. The van der Waals surface area contributed by atoms with Crippen LogP contribution in [0.25, 0.3) is 0 Å². The Kier molecular flexibility index (Phi) is 9.57. The van der Waals surface area contributed by atoms with Gasteiger partial charge < -0.3 is 14.2 Å². The minimum Gasteiger partial charge on any atom is -0.489 e. The van der Waals surface area contributed by atoms with Gasteiger partial charge in [0.25, 0.3) is 16.0 Å². The molecule has 1 saturated heterocycles. The lowest BCUT2D eigenvalue weighted by atomic mass is 10.0. The summed E-state index contributed by atoms with van der Waals surface area (Å²) in [6.07, 6.45) is -2.91. The van der Waals surface area contributed by atoms with Crippen molar-refractivity contribution in [1.82, 2.24) is 4.90 Å². The minimum absolute atomic E-state index is 0.00821. The van der Waals surface area contributed by atoms with Crippen LogP contribution >= 0.6 is 0 Å². The number of carbonyl (C=O) groups excluding carboxylic acids is 2. The number of nitrogens with zero attached hydrogens (tertiary/aromatic N) is 1. The summed E-state index contributed by atoms with van der Waals surface area (Å²) in [5.41, 5.74) is 2.20. The Morgan fingerprint density at radius 1 is 0.975 bits per heavy atom. The summed E-state index contributed by atoms with van der Waals surface area (Å²) in [6.45, 7) is 3.71. The molecule has 10 heteroatoms. The highest BCUT2D eigenvalue weighted by Gasteiger charge is 2.45. The van der Waals surface area contributed by atoms with Crippen LogP contribution in [-0.2, 0) is 41.6 Å². The highest BCUT2D eigenvalue weighted by atomic mass is 32.2. The molecule has 1 heterocycles. The third-order valence-corrected chi connectivity index (χ3v) is 6.72. The number of benzene rings is 3. The normalized spacial score (nSPS) is 16.9. The number of imide groups is 1. The highest BCUT2D eigenvalue weighted by Crippen LogP contribution is 2.32. The van der Waals surface area contributed by atoms with Gasteiger partial charge in [0.1, 0.15) is 25.1 Å². The Morgan fingerprint density at radius 3 is 2.25 bits per heavy atom. The molecule has 0 aromatic heterocycles. The molecule has 1 aliphatic rings. The fourth-order valence-corrected chi connectivity index (χ4v) is 5.04. The van der Waals surface area contributed by atoms with Gasteiger partial charge in [-0.3, -0.25) is 8.98 Å². The average molecular weight is 568 g/mol. The summed E-state index contributed by atoms with van der Waals surface area (Å²) in [5.74, 6) is -0.303. The lowest BCUT2D eigenvalue weighted by Gasteiger charge is -2.31. The molecule has 1 fully saturated rings. The molecular weight excluding hydrogens is 534 g/mol. The first kappa shape index (κ1) is 29.3. The van der Waals surface area contributed by atoms with Crippen LogP contribution in [0.2, 0.25) is 0 Å². The standard InChI is InChI=1S/C30H33NO8S/c1-21(2)38-28(29(32)31-25(20-37-30(31)33)17-22-11-6-4-7-12-22)27(39-40(3,34)35)24-15-10-16-26(18-24)36-19-23-13-8-5-9-14-23/h4-16,18,21,25,27-28H,17,19-20H2,1-3H3/t25-,27+,28+/m0/s1. The zero-order valence-electron chi connectivity index (χ0n) is 22.6. The highest BCUT2D eigenvalue weighted by molar-refractivity contribution is 7.86. The number of hydrogen-bond donors (Lipinski definition) is 0. The van der Waals surface area contributed by atoms with Gasteiger partial charge in [-0.15, -0.1) is 0 Å². The molecule has 4 rings (SSSR count). The van der Waals surface area contributed by atoms with Gasteiger partial charge in [0.2, 0.25) is 0 Å². The molecule has 0 N–H and O–H groups in total. The first-order chi connectivity index (χ1) is 19.1. The molecule has 40 heavy (non-hydrogen) atoms. The molecule has 212 valence electrons. The van der Waals surface area contributed by atoms with E-state index in [-0.39, 0.29) is 13.2 Å². The van der Waals surface area contributed by atoms with Crippen molar-refractivity contribution in [2.75, 3.05) is 12.9 Å². The lowest BCUT2D eigenvalue weighted by Crippen LogP contribution is -2.49. The summed E-state index contributed by atoms with van der Waals surface area (Å²) in [6, 6.07) is 25.0. The van der Waals surface area contributed by atoms with E-state index in [9.17, 15) is 18.0 Å². The topological polar surface area (TPSA) is 108 Å². The SMILES string of the molecule is CC(C)O[C@@H](C(=O)N1C(=O)OC[C@@H]1Cc1ccccc1)[C@H](OS(C)(=O)=O)c1cccc(OCc2ccccc2)c1. The first-order valence-electron chi connectivity index (χ1n) is 12.9. The van der Waals surface area contributed by atoms with E-state index >= 15 is 0 Å². The molecule has 0 spiro atoms. The molecule has 0 unspecified atom stereocenters. The lowest BCUT2D eigenvalue weighted by molar-refractivity contribution is -0.152. The van der Waals surface area contributed by atoms with Crippen LogP contribution < -0.4 is 4.74 Å². The Balaban J connectivity index is 1.65. The zero-order chi connectivity index (χ0) is 28.7. The Hall–Kier alpha value is -3.73. The van der Waals surface area contributed by atoms with Crippen molar-refractivity contribution in [3.05, 3.63) is 102 Å². The van der Waals surface area contributed by atoms with Crippen molar-refractivity contribution in [3.8, 4) is 5.75 Å². The third-order valence-electron chi connectivity index (χ3n) is 6.16. The smallest absolute Gasteiger partial charge is 0.417 e. The van der Waals surface area contributed by atoms with Gasteiger partial charge in [0.05, 0.1) is 18.4 Å². The zero-order valence-corrected chi connectivity index (χ0v) is 23.5. The second-order valence-electron chi connectivity index (χ2n) is 9.80. The van der Waals surface area contributed by atoms with Gasteiger partial charge in [-0.1, -0.05) is 72.8 Å². The molecule has 2 amide bonds. The second-order valence-corrected chi connectivity index (χ2v) is 11.4. The number of cyclic esters (lactones) is 1. The second kappa shape index (κ2) is 13.1. The Morgan fingerprint density at radius 2 is 1.62 bits per heavy atom. The molecule has 3 atom stereocenters. The minimum atomic E-state index is -4.06. The van der Waals surface area contributed by atoms with Crippen LogP contribution in [0.3, 0.4) is 0 Å². The van der Waals surface area contributed by atoms with E-state index in [1.165, 1.54) is 0 Å². The maximum atomic E-state index is 14.0. The molecule has 3 aromatic rings. The van der Waals surface area contributed by atoms with Crippen molar-refractivity contribution in [2.24, 2.45) is 0 Å². The third kappa shape index (κ3) is 7.91. The average Bonchev–Trinajstić information content (AvgIpc) is 3.29. The van der Waals surface area contributed by atoms with Crippen molar-refractivity contribution in [2.45, 2.75) is 51.2 Å². The number of ether oxygens (including phenoxy) is 3. The molecular formula is C30H33NO8S. The summed E-state index contributed by atoms with van der Waals surface area (Å²) >= 11 is 0. The molecule has 9 nitrogen and oxygen atoms in total. The van der Waals surface area contributed by atoms with Crippen molar-refractivity contribution in [1.29, 1.82) is 0 Å². The predicted octanol–water partition coefficient (Wildman–Crippen LogP) is 4.67.